The minimum absolute atomic E-state index is 0.0107. The number of benzene rings is 1. The second-order valence-corrected chi connectivity index (χ2v) is 5.08. The molecule has 0 heterocycles. The molecule has 0 saturated carbocycles. The Morgan fingerprint density at radius 2 is 1.62 bits per heavy atom. The Bertz CT molecular complexity index is 401. The zero-order valence-electron chi connectivity index (χ0n) is 12.1. The van der Waals surface area contributed by atoms with Crippen LogP contribution < -0.4 is 4.74 Å². The molecule has 0 aliphatic heterocycles. The third-order valence-electron chi connectivity index (χ3n) is 2.69. The van der Waals surface area contributed by atoms with Gasteiger partial charge in [-0.05, 0) is 12.8 Å². The van der Waals surface area contributed by atoms with E-state index in [0.29, 0.717) is 35.6 Å². The molecule has 1 N–H and O–H groups in total. The van der Waals surface area contributed by atoms with Gasteiger partial charge in [-0.3, -0.25) is 0 Å². The number of hydrogen-bond acceptors (Lipinski definition) is 5. The zero-order valence-corrected chi connectivity index (χ0v) is 13.6. The van der Waals surface area contributed by atoms with Gasteiger partial charge in [0.2, 0.25) is 0 Å². The minimum atomic E-state index is -0.337. The van der Waals surface area contributed by atoms with Gasteiger partial charge in [0.25, 0.3) is 0 Å². The van der Waals surface area contributed by atoms with Crippen LogP contribution in [-0.4, -0.2) is 45.4 Å². The van der Waals surface area contributed by atoms with E-state index in [0.717, 1.165) is 12.8 Å². The van der Waals surface area contributed by atoms with Crippen molar-refractivity contribution in [2.24, 2.45) is 0 Å². The van der Waals surface area contributed by atoms with Crippen molar-refractivity contribution in [2.45, 2.75) is 19.1 Å². The summed E-state index contributed by atoms with van der Waals surface area (Å²) in [4.78, 5) is 0. The number of rotatable bonds is 10. The summed E-state index contributed by atoms with van der Waals surface area (Å²) in [6, 6.07) is 2.78. The molecule has 0 atom stereocenters. The largest absolute Gasteiger partial charge is 0.508 e. The van der Waals surface area contributed by atoms with Crippen LogP contribution in [0.4, 0.5) is 0 Å². The first-order valence-corrected chi connectivity index (χ1v) is 7.28. The molecule has 1 rings (SSSR count). The number of phenolic OH excluding ortho intramolecular Hbond substituents is 1. The van der Waals surface area contributed by atoms with Gasteiger partial charge >= 0.3 is 0 Å². The lowest BCUT2D eigenvalue weighted by atomic mass is 10.3. The van der Waals surface area contributed by atoms with Crippen LogP contribution in [0, 0.1) is 0 Å². The highest BCUT2D eigenvalue weighted by molar-refractivity contribution is 6.37. The molecule has 1 aromatic carbocycles. The molecule has 0 bridgehead atoms. The van der Waals surface area contributed by atoms with Crippen molar-refractivity contribution in [3.05, 3.63) is 22.2 Å². The smallest absolute Gasteiger partial charge is 0.180 e. The van der Waals surface area contributed by atoms with Crippen LogP contribution in [0.3, 0.4) is 0 Å². The van der Waals surface area contributed by atoms with E-state index < -0.39 is 0 Å². The van der Waals surface area contributed by atoms with Gasteiger partial charge in [-0.15, -0.1) is 0 Å². The van der Waals surface area contributed by atoms with Crippen LogP contribution in [0.5, 0.6) is 11.5 Å². The van der Waals surface area contributed by atoms with Crippen LogP contribution in [-0.2, 0) is 14.2 Å². The summed E-state index contributed by atoms with van der Waals surface area (Å²) in [7, 11) is 3.13. The molecule has 0 spiro atoms. The fourth-order valence-electron chi connectivity index (χ4n) is 1.58. The third-order valence-corrected chi connectivity index (χ3v) is 3.25. The van der Waals surface area contributed by atoms with Gasteiger partial charge in [-0.2, -0.15) is 0 Å². The second-order valence-electron chi connectivity index (χ2n) is 4.27. The topological polar surface area (TPSA) is 57.2 Å². The molecule has 5 nitrogen and oxygen atoms in total. The number of aromatic hydroxyl groups is 1. The van der Waals surface area contributed by atoms with E-state index in [1.165, 1.54) is 12.1 Å². The monoisotopic (exact) mass is 338 g/mol. The first-order valence-electron chi connectivity index (χ1n) is 6.52. The SMILES string of the molecule is COC(COCCCCOc1c(Cl)cc(O)cc1Cl)OC. The molecule has 0 amide bonds. The van der Waals surface area contributed by atoms with Crippen LogP contribution in [0.1, 0.15) is 12.8 Å². The van der Waals surface area contributed by atoms with E-state index in [2.05, 4.69) is 0 Å². The van der Waals surface area contributed by atoms with E-state index >= 15 is 0 Å². The molecule has 0 radical (unpaired) electrons. The molecule has 120 valence electrons. The highest BCUT2D eigenvalue weighted by Crippen LogP contribution is 2.36. The number of halogens is 2. The standard InChI is InChI=1S/C14H20Cl2O5/c1-18-13(19-2)9-20-5-3-4-6-21-14-11(15)7-10(17)8-12(14)16/h7-8,13,17H,3-6,9H2,1-2H3. The molecular weight excluding hydrogens is 319 g/mol. The number of unbranched alkanes of at least 4 members (excludes halogenated alkanes) is 1. The Kier molecular flexibility index (Phi) is 8.80. The Labute approximate surface area is 134 Å². The Morgan fingerprint density at radius 1 is 1.05 bits per heavy atom. The average molecular weight is 339 g/mol. The Hall–Kier alpha value is -0.720. The molecule has 7 heteroatoms. The third kappa shape index (κ3) is 6.72. The highest BCUT2D eigenvalue weighted by atomic mass is 35.5. The molecule has 0 aliphatic carbocycles. The zero-order chi connectivity index (χ0) is 15.7. The van der Waals surface area contributed by atoms with Crippen LogP contribution in [0.25, 0.3) is 0 Å². The first-order chi connectivity index (χ1) is 10.1. The van der Waals surface area contributed by atoms with E-state index in [4.69, 9.17) is 42.1 Å². The lowest BCUT2D eigenvalue weighted by molar-refractivity contribution is -0.140. The van der Waals surface area contributed by atoms with Crippen molar-refractivity contribution < 1.29 is 24.1 Å². The van der Waals surface area contributed by atoms with Crippen molar-refractivity contribution in [2.75, 3.05) is 34.0 Å². The Balaban J connectivity index is 2.18. The maximum absolute atomic E-state index is 9.31. The van der Waals surface area contributed by atoms with E-state index in [1.807, 2.05) is 0 Å². The molecule has 0 saturated heterocycles. The molecule has 0 aromatic heterocycles. The summed E-state index contributed by atoms with van der Waals surface area (Å²) in [5.74, 6) is 0.396. The van der Waals surface area contributed by atoms with Gasteiger partial charge in [-0.25, -0.2) is 0 Å². The lowest BCUT2D eigenvalue weighted by Crippen LogP contribution is -2.20. The van der Waals surface area contributed by atoms with Crippen molar-refractivity contribution in [1.29, 1.82) is 0 Å². The fraction of sp³-hybridized carbons (Fsp3) is 0.571. The molecule has 1 aromatic rings. The van der Waals surface area contributed by atoms with Crippen LogP contribution in [0.2, 0.25) is 10.0 Å². The second kappa shape index (κ2) is 10.1. The number of phenols is 1. The normalized spacial score (nSPS) is 11.1. The van der Waals surface area contributed by atoms with Gasteiger partial charge in [0.05, 0.1) is 23.3 Å². The predicted octanol–water partition coefficient (Wildman–Crippen LogP) is 3.49. The lowest BCUT2D eigenvalue weighted by Gasteiger charge is -2.13. The first kappa shape index (κ1) is 18.3. The summed E-state index contributed by atoms with van der Waals surface area (Å²) in [5, 5.41) is 9.89. The van der Waals surface area contributed by atoms with Gasteiger partial charge < -0.3 is 24.1 Å². The van der Waals surface area contributed by atoms with Gasteiger partial charge in [-0.1, -0.05) is 23.2 Å². The van der Waals surface area contributed by atoms with Gasteiger partial charge in [0.1, 0.15) is 5.75 Å². The van der Waals surface area contributed by atoms with E-state index in [9.17, 15) is 5.11 Å². The fourth-order valence-corrected chi connectivity index (χ4v) is 2.16. The van der Waals surface area contributed by atoms with Crippen LogP contribution in [0.15, 0.2) is 12.1 Å². The molecule has 0 unspecified atom stereocenters. The number of hydrogen-bond donors (Lipinski definition) is 1. The van der Waals surface area contributed by atoms with Gasteiger partial charge in [0.15, 0.2) is 12.0 Å². The minimum Gasteiger partial charge on any atom is -0.508 e. The molecule has 21 heavy (non-hydrogen) atoms. The predicted molar refractivity (Wildman–Crippen MR) is 81.5 cm³/mol. The number of ether oxygens (including phenoxy) is 4. The Morgan fingerprint density at radius 3 is 2.19 bits per heavy atom. The summed E-state index contributed by atoms with van der Waals surface area (Å²) >= 11 is 11.9. The molecule has 0 fully saturated rings. The summed E-state index contributed by atoms with van der Waals surface area (Å²) in [5.41, 5.74) is 0. The molecular formula is C14H20Cl2O5. The van der Waals surface area contributed by atoms with Crippen molar-refractivity contribution in [3.8, 4) is 11.5 Å². The van der Waals surface area contributed by atoms with Gasteiger partial charge in [0, 0.05) is 33.0 Å². The van der Waals surface area contributed by atoms with Crippen molar-refractivity contribution in [3.63, 3.8) is 0 Å². The summed E-state index contributed by atoms with van der Waals surface area (Å²) in [6.45, 7) is 1.44. The quantitative estimate of drug-likeness (QED) is 0.522. The summed E-state index contributed by atoms with van der Waals surface area (Å²) < 4.78 is 20.9. The van der Waals surface area contributed by atoms with E-state index in [-0.39, 0.29) is 12.0 Å². The average Bonchev–Trinajstić information content (AvgIpc) is 2.44. The van der Waals surface area contributed by atoms with Crippen molar-refractivity contribution in [1.82, 2.24) is 0 Å². The maximum Gasteiger partial charge on any atom is 0.180 e. The number of methoxy groups -OCH3 is 2. The maximum atomic E-state index is 9.31. The summed E-state index contributed by atoms with van der Waals surface area (Å²) in [6.07, 6.45) is 1.28. The highest BCUT2D eigenvalue weighted by Gasteiger charge is 2.09. The van der Waals surface area contributed by atoms with Crippen molar-refractivity contribution >= 4 is 23.2 Å². The molecule has 0 aliphatic rings. The van der Waals surface area contributed by atoms with Crippen LogP contribution >= 0.6 is 23.2 Å². The van der Waals surface area contributed by atoms with E-state index in [1.54, 1.807) is 14.2 Å².